The number of fused-ring (bicyclic) bond motifs is 1. The molecule has 15 heavy (non-hydrogen) atoms. The Morgan fingerprint density at radius 2 is 2.20 bits per heavy atom. The molecule has 1 aromatic rings. The molecule has 1 aromatic carbocycles. The highest BCUT2D eigenvalue weighted by Crippen LogP contribution is 2.39. The van der Waals surface area contributed by atoms with Crippen LogP contribution in [-0.2, 0) is 4.79 Å². The van der Waals surface area contributed by atoms with E-state index in [-0.39, 0.29) is 11.7 Å². The van der Waals surface area contributed by atoms with E-state index in [1.807, 2.05) is 13.0 Å². The van der Waals surface area contributed by atoms with Gasteiger partial charge in [-0.15, -0.1) is 0 Å². The Morgan fingerprint density at radius 3 is 2.93 bits per heavy atom. The maximum absolute atomic E-state index is 11.4. The highest BCUT2D eigenvalue weighted by molar-refractivity contribution is 5.94. The lowest BCUT2D eigenvalue weighted by atomic mass is 9.92. The first-order chi connectivity index (χ1) is 7.09. The number of nitrogens with one attached hydrogen (secondary N) is 1. The van der Waals surface area contributed by atoms with Crippen molar-refractivity contribution in [2.24, 2.45) is 0 Å². The molecule has 3 nitrogen and oxygen atoms in total. The van der Waals surface area contributed by atoms with Crippen molar-refractivity contribution < 1.29 is 9.90 Å². The maximum Gasteiger partial charge on any atom is 0.224 e. The summed E-state index contributed by atoms with van der Waals surface area (Å²) in [6.07, 6.45) is 1.36. The number of aromatic hydroxyl groups is 1. The van der Waals surface area contributed by atoms with Gasteiger partial charge in [0.15, 0.2) is 0 Å². The molecule has 3 heteroatoms. The fourth-order valence-corrected chi connectivity index (χ4v) is 2.17. The predicted octanol–water partition coefficient (Wildman–Crippen LogP) is 2.54. The first-order valence-electron chi connectivity index (χ1n) is 5.22. The summed E-state index contributed by atoms with van der Waals surface area (Å²) in [7, 11) is 0. The Hall–Kier alpha value is -1.51. The van der Waals surface area contributed by atoms with Crippen LogP contribution in [0.3, 0.4) is 0 Å². The summed E-state index contributed by atoms with van der Waals surface area (Å²) in [5.41, 5.74) is 2.79. The second kappa shape index (κ2) is 3.57. The minimum Gasteiger partial charge on any atom is -0.506 e. The van der Waals surface area contributed by atoms with Crippen molar-refractivity contribution in [1.82, 2.24) is 0 Å². The average Bonchev–Trinajstić information content (AvgIpc) is 2.34. The fourth-order valence-electron chi connectivity index (χ4n) is 2.17. The molecule has 80 valence electrons. The Balaban J connectivity index is 2.60. The number of hydrogen-bond donors (Lipinski definition) is 2. The molecular formula is C12H15NO2. The molecule has 2 rings (SSSR count). The smallest absolute Gasteiger partial charge is 0.224 e. The second-order valence-electron chi connectivity index (χ2n) is 4.18. The molecule has 0 aromatic heterocycles. The Labute approximate surface area is 89.1 Å². The molecule has 0 saturated carbocycles. The van der Waals surface area contributed by atoms with Crippen molar-refractivity contribution in [3.63, 3.8) is 0 Å². The van der Waals surface area contributed by atoms with Gasteiger partial charge < -0.3 is 10.4 Å². The largest absolute Gasteiger partial charge is 0.506 e. The third-order valence-electron chi connectivity index (χ3n) is 3.00. The van der Waals surface area contributed by atoms with Crippen LogP contribution in [0.1, 0.15) is 36.8 Å². The third-order valence-corrected chi connectivity index (χ3v) is 3.00. The molecule has 0 unspecified atom stereocenters. The van der Waals surface area contributed by atoms with Crippen molar-refractivity contribution in [1.29, 1.82) is 0 Å². The SMILES string of the molecule is Cc1ccc(O)c2c1[C@H](C)CCC(=O)N2. The molecule has 0 bridgehead atoms. The number of rotatable bonds is 0. The first-order valence-corrected chi connectivity index (χ1v) is 5.22. The van der Waals surface area contributed by atoms with E-state index in [1.165, 1.54) is 0 Å². The number of anilines is 1. The van der Waals surface area contributed by atoms with Crippen LogP contribution in [0.15, 0.2) is 12.1 Å². The summed E-state index contributed by atoms with van der Waals surface area (Å²) in [4.78, 5) is 11.4. The number of phenolic OH excluding ortho intramolecular Hbond substituents is 1. The van der Waals surface area contributed by atoms with Crippen LogP contribution >= 0.6 is 0 Å². The van der Waals surface area contributed by atoms with Gasteiger partial charge in [0.25, 0.3) is 0 Å². The van der Waals surface area contributed by atoms with Gasteiger partial charge in [-0.05, 0) is 36.5 Å². The second-order valence-corrected chi connectivity index (χ2v) is 4.18. The number of benzene rings is 1. The van der Waals surface area contributed by atoms with Gasteiger partial charge in [-0.25, -0.2) is 0 Å². The van der Waals surface area contributed by atoms with E-state index in [0.29, 0.717) is 18.0 Å². The molecule has 0 spiro atoms. The van der Waals surface area contributed by atoms with Gasteiger partial charge in [0, 0.05) is 6.42 Å². The van der Waals surface area contributed by atoms with E-state index in [1.54, 1.807) is 6.07 Å². The van der Waals surface area contributed by atoms with E-state index < -0.39 is 0 Å². The van der Waals surface area contributed by atoms with Crippen LogP contribution in [0.5, 0.6) is 5.75 Å². The summed E-state index contributed by atoms with van der Waals surface area (Å²) in [6.45, 7) is 4.10. The molecule has 0 saturated heterocycles. The van der Waals surface area contributed by atoms with Gasteiger partial charge in [0.1, 0.15) is 5.75 Å². The topological polar surface area (TPSA) is 49.3 Å². The molecule has 0 aliphatic carbocycles. The van der Waals surface area contributed by atoms with E-state index >= 15 is 0 Å². The predicted molar refractivity (Wildman–Crippen MR) is 59.1 cm³/mol. The first kappa shape index (κ1) is 10.0. The summed E-state index contributed by atoms with van der Waals surface area (Å²) in [6, 6.07) is 3.52. The van der Waals surface area contributed by atoms with Crippen molar-refractivity contribution in [2.75, 3.05) is 5.32 Å². The van der Waals surface area contributed by atoms with Crippen molar-refractivity contribution in [3.8, 4) is 5.75 Å². The van der Waals surface area contributed by atoms with Crippen LogP contribution in [-0.4, -0.2) is 11.0 Å². The molecule has 0 fully saturated rings. The van der Waals surface area contributed by atoms with Gasteiger partial charge >= 0.3 is 0 Å². The molecule has 1 aliphatic rings. The number of amides is 1. The number of aryl methyl sites for hydroxylation is 1. The van der Waals surface area contributed by atoms with Crippen molar-refractivity contribution in [3.05, 3.63) is 23.3 Å². The van der Waals surface area contributed by atoms with E-state index in [0.717, 1.165) is 17.5 Å². The summed E-state index contributed by atoms with van der Waals surface area (Å²) >= 11 is 0. The summed E-state index contributed by atoms with van der Waals surface area (Å²) in [5.74, 6) is 0.463. The molecule has 1 atom stereocenters. The van der Waals surface area contributed by atoms with Crippen LogP contribution in [0, 0.1) is 6.92 Å². The van der Waals surface area contributed by atoms with Crippen molar-refractivity contribution in [2.45, 2.75) is 32.6 Å². The minimum atomic E-state index is -0.0125. The van der Waals surface area contributed by atoms with Gasteiger partial charge in [0.05, 0.1) is 5.69 Å². The molecule has 1 amide bonds. The monoisotopic (exact) mass is 205 g/mol. The van der Waals surface area contributed by atoms with Crippen LogP contribution in [0.25, 0.3) is 0 Å². The van der Waals surface area contributed by atoms with Gasteiger partial charge in [-0.3, -0.25) is 4.79 Å². The highest BCUT2D eigenvalue weighted by Gasteiger charge is 2.22. The average molecular weight is 205 g/mol. The highest BCUT2D eigenvalue weighted by atomic mass is 16.3. The molecule has 1 heterocycles. The Morgan fingerprint density at radius 1 is 1.47 bits per heavy atom. The lowest BCUT2D eigenvalue weighted by molar-refractivity contribution is -0.116. The van der Waals surface area contributed by atoms with Crippen LogP contribution in [0.4, 0.5) is 5.69 Å². The molecule has 2 N–H and O–H groups in total. The van der Waals surface area contributed by atoms with E-state index in [4.69, 9.17) is 0 Å². The van der Waals surface area contributed by atoms with Gasteiger partial charge in [0.2, 0.25) is 5.91 Å². The van der Waals surface area contributed by atoms with Crippen LogP contribution in [0.2, 0.25) is 0 Å². The lowest BCUT2D eigenvalue weighted by Crippen LogP contribution is -2.09. The molecule has 0 radical (unpaired) electrons. The number of carbonyl (C=O) groups excluding carboxylic acids is 1. The lowest BCUT2D eigenvalue weighted by Gasteiger charge is -2.16. The van der Waals surface area contributed by atoms with Crippen LogP contribution < -0.4 is 5.32 Å². The number of phenols is 1. The van der Waals surface area contributed by atoms with Crippen molar-refractivity contribution >= 4 is 11.6 Å². The zero-order chi connectivity index (χ0) is 11.0. The molecular weight excluding hydrogens is 190 g/mol. The fraction of sp³-hybridized carbons (Fsp3) is 0.417. The van der Waals surface area contributed by atoms with Gasteiger partial charge in [-0.1, -0.05) is 13.0 Å². The maximum atomic E-state index is 11.4. The summed E-state index contributed by atoms with van der Waals surface area (Å²) in [5, 5.41) is 12.5. The zero-order valence-corrected chi connectivity index (χ0v) is 9.00. The standard InChI is InChI=1S/C12H15NO2/c1-7-3-5-9(14)12-11(7)8(2)4-6-10(15)13-12/h3,5,8,14H,4,6H2,1-2H3,(H,13,15)/t8-/m1/s1. The normalized spacial score (nSPS) is 20.4. The minimum absolute atomic E-state index is 0.0125. The Kier molecular flexibility index (Phi) is 2.39. The summed E-state index contributed by atoms with van der Waals surface area (Å²) < 4.78 is 0. The van der Waals surface area contributed by atoms with Gasteiger partial charge in [-0.2, -0.15) is 0 Å². The van der Waals surface area contributed by atoms with E-state index in [2.05, 4.69) is 12.2 Å². The zero-order valence-electron chi connectivity index (χ0n) is 9.00. The number of hydrogen-bond acceptors (Lipinski definition) is 2. The molecule has 1 aliphatic heterocycles. The quantitative estimate of drug-likeness (QED) is 0.639. The third kappa shape index (κ3) is 1.69. The van der Waals surface area contributed by atoms with E-state index in [9.17, 15) is 9.90 Å². The Bertz CT molecular complexity index is 412. The number of carbonyl (C=O) groups is 1.